The van der Waals surface area contributed by atoms with E-state index in [1.54, 1.807) is 0 Å². The number of hydrogen-bond donors (Lipinski definition) is 2. The number of aromatic amines is 1. The average molecular weight is 532 g/mol. The van der Waals surface area contributed by atoms with Crippen LogP contribution in [0.25, 0.3) is 0 Å². The third-order valence-electron chi connectivity index (χ3n) is 3.36. The molecule has 1 aliphatic heterocycles. The fourth-order valence-electron chi connectivity index (χ4n) is 2.28. The van der Waals surface area contributed by atoms with E-state index in [1.807, 2.05) is 0 Å². The molecule has 1 aromatic rings. The number of ether oxygens (including phenoxy) is 1. The number of phosphoric acid groups is 3. The Morgan fingerprint density at radius 1 is 1.13 bits per heavy atom. The zero-order chi connectivity index (χ0) is 21.3. The van der Waals surface area contributed by atoms with Gasteiger partial charge in [-0.05, 0) is 19.8 Å². The van der Waals surface area contributed by atoms with Gasteiger partial charge in [0.2, 0.25) is 0 Å². The molecule has 15 nitrogen and oxygen atoms in total. The van der Waals surface area contributed by atoms with E-state index in [4.69, 9.17) is 9.63 Å². The minimum Gasteiger partial charge on any atom is -0.756 e. The van der Waals surface area contributed by atoms with Crippen LogP contribution in [0.1, 0.15) is 24.6 Å². The second kappa shape index (κ2) is 14.0. The van der Waals surface area contributed by atoms with Gasteiger partial charge in [0.25, 0.3) is 29.0 Å². The molecule has 0 bridgehead atoms. The second-order valence-electron chi connectivity index (χ2n) is 5.59. The first kappa shape index (κ1) is 35.2. The fourth-order valence-corrected chi connectivity index (χ4v) is 5.19. The van der Waals surface area contributed by atoms with Crippen LogP contribution in [0.15, 0.2) is 15.8 Å². The second-order valence-corrected chi connectivity index (χ2v) is 9.88. The van der Waals surface area contributed by atoms with Crippen molar-refractivity contribution < 1.29 is 140 Å². The van der Waals surface area contributed by atoms with Gasteiger partial charge in [-0.3, -0.25) is 28.0 Å². The molecule has 5 atom stereocenters. The number of aromatic nitrogens is 2. The molecule has 1 aliphatic rings. The average Bonchev–Trinajstić information content (AvgIpc) is 2.94. The van der Waals surface area contributed by atoms with Gasteiger partial charge >= 0.3 is 94.4 Å². The molecule has 21 heteroatoms. The zero-order valence-electron chi connectivity index (χ0n) is 17.0. The third-order valence-corrected chi connectivity index (χ3v) is 7.05. The molecule has 0 spiro atoms. The van der Waals surface area contributed by atoms with Crippen molar-refractivity contribution in [3.8, 4) is 0 Å². The number of nitrogens with one attached hydrogen (secondary N) is 1. The van der Waals surface area contributed by atoms with Crippen molar-refractivity contribution in [2.75, 3.05) is 6.61 Å². The van der Waals surface area contributed by atoms with E-state index in [2.05, 4.69) is 18.1 Å². The number of rotatable bonds is 8. The number of aryl methyl sites for hydroxylation is 1. The first-order valence-corrected chi connectivity index (χ1v) is 11.8. The van der Waals surface area contributed by atoms with Crippen molar-refractivity contribution in [3.05, 3.63) is 32.6 Å². The molecule has 31 heavy (non-hydrogen) atoms. The van der Waals surface area contributed by atoms with Crippen LogP contribution in [0.2, 0.25) is 0 Å². The molecule has 1 saturated heterocycles. The Hall–Kier alpha value is 2.05. The van der Waals surface area contributed by atoms with Gasteiger partial charge in [0, 0.05) is 11.8 Å². The maximum atomic E-state index is 11.8. The minimum atomic E-state index is -5.97. The Morgan fingerprint density at radius 2 is 1.71 bits per heavy atom. The van der Waals surface area contributed by atoms with Crippen LogP contribution < -0.4 is 115 Å². The van der Waals surface area contributed by atoms with Gasteiger partial charge in [0.15, 0.2) is 0 Å². The van der Waals surface area contributed by atoms with Crippen molar-refractivity contribution in [2.24, 2.45) is 0 Å². The molecule has 1 fully saturated rings. The van der Waals surface area contributed by atoms with E-state index < -0.39 is 53.7 Å². The maximum absolute atomic E-state index is 11.8. The third kappa shape index (κ3) is 12.0. The molecule has 2 rings (SSSR count). The first-order valence-electron chi connectivity index (χ1n) is 7.38. The quantitative estimate of drug-likeness (QED) is 0.234. The summed E-state index contributed by atoms with van der Waals surface area (Å²) in [6.07, 6.45) is -0.0229. The van der Waals surface area contributed by atoms with E-state index in [9.17, 15) is 38.0 Å². The number of nitrogens with zero attached hydrogens (tertiary/aromatic N) is 1. The summed E-state index contributed by atoms with van der Waals surface area (Å²) in [6.45, 7) is 0.744. The van der Waals surface area contributed by atoms with E-state index in [0.717, 1.165) is 4.57 Å². The number of hydrogen-bond acceptors (Lipinski definition) is 12. The molecular weight excluding hydrogens is 518 g/mol. The molecule has 2 heterocycles. The van der Waals surface area contributed by atoms with Gasteiger partial charge in [-0.1, -0.05) is 0 Å². The minimum absolute atomic E-state index is 0. The predicted octanol–water partition coefficient (Wildman–Crippen LogP) is -11.0. The Bertz CT molecular complexity index is 994. The molecule has 2 N–H and O–H groups in total. The van der Waals surface area contributed by atoms with E-state index >= 15 is 0 Å². The van der Waals surface area contributed by atoms with Gasteiger partial charge in [0.1, 0.15) is 6.23 Å². The molecule has 0 saturated carbocycles. The van der Waals surface area contributed by atoms with Gasteiger partial charge in [-0.15, -0.1) is 0 Å². The summed E-state index contributed by atoms with van der Waals surface area (Å²) in [4.78, 5) is 66.4. The van der Waals surface area contributed by atoms with Gasteiger partial charge in [-0.25, -0.2) is 13.4 Å². The van der Waals surface area contributed by atoms with Crippen molar-refractivity contribution in [3.63, 3.8) is 0 Å². The zero-order valence-corrected chi connectivity index (χ0v) is 25.7. The molecule has 0 amide bonds. The molecule has 0 radical (unpaired) electrons. The van der Waals surface area contributed by atoms with E-state index in [0.29, 0.717) is 0 Å². The SMILES string of the molecule is Cc1cn([C@H]2CC[C@@H](COP(=O)([O-])OP(=O)([O-])OP(=O)([O-])O)O2)c(=O)[nH]c1=O.[Na+].[Na+].[Na+]. The van der Waals surface area contributed by atoms with Crippen LogP contribution in [0.3, 0.4) is 0 Å². The summed E-state index contributed by atoms with van der Waals surface area (Å²) >= 11 is 0. The van der Waals surface area contributed by atoms with Gasteiger partial charge in [-0.2, -0.15) is 0 Å². The summed E-state index contributed by atoms with van der Waals surface area (Å²) in [7, 11) is -17.4. The van der Waals surface area contributed by atoms with E-state index in [-0.39, 0.29) is 107 Å². The Labute approximate surface area is 241 Å². The van der Waals surface area contributed by atoms with Crippen LogP contribution in [-0.4, -0.2) is 27.2 Å². The normalized spacial score (nSPS) is 23.8. The van der Waals surface area contributed by atoms with Crippen LogP contribution in [0.4, 0.5) is 0 Å². The monoisotopic (exact) mass is 532 g/mol. The van der Waals surface area contributed by atoms with Crippen molar-refractivity contribution >= 4 is 23.5 Å². The van der Waals surface area contributed by atoms with Gasteiger partial charge in [0.05, 0.1) is 12.7 Å². The Balaban J connectivity index is 0. The largest absolute Gasteiger partial charge is 1.00 e. The van der Waals surface area contributed by atoms with Crippen molar-refractivity contribution in [2.45, 2.75) is 32.1 Å². The smallest absolute Gasteiger partial charge is 0.756 e. The van der Waals surface area contributed by atoms with Crippen LogP contribution >= 0.6 is 23.5 Å². The van der Waals surface area contributed by atoms with Gasteiger partial charge < -0.3 is 28.8 Å². The van der Waals surface area contributed by atoms with Crippen LogP contribution in [-0.2, 0) is 31.6 Å². The van der Waals surface area contributed by atoms with Crippen LogP contribution in [0.5, 0.6) is 0 Å². The Kier molecular flexibility index (Phi) is 15.9. The summed E-state index contributed by atoms with van der Waals surface area (Å²) < 4.78 is 50.4. The summed E-state index contributed by atoms with van der Waals surface area (Å²) in [5.41, 5.74) is -1.07. The number of phosphoric ester groups is 1. The van der Waals surface area contributed by atoms with Crippen molar-refractivity contribution in [1.82, 2.24) is 9.55 Å². The first-order chi connectivity index (χ1) is 12.7. The fraction of sp³-hybridized carbons (Fsp3) is 0.600. The number of H-pyrrole nitrogens is 1. The molecule has 1 aromatic heterocycles. The predicted molar refractivity (Wildman–Crippen MR) is 82.4 cm³/mol. The topological polar surface area (TPSA) is 232 Å². The summed E-state index contributed by atoms with van der Waals surface area (Å²) in [5, 5.41) is 0. The van der Waals surface area contributed by atoms with E-state index in [1.165, 1.54) is 13.1 Å². The molecule has 160 valence electrons. The molecular formula is C10H14N2Na3O13P3. The van der Waals surface area contributed by atoms with Crippen LogP contribution in [0, 0.1) is 6.92 Å². The molecule has 0 aliphatic carbocycles. The molecule has 3 unspecified atom stereocenters. The summed E-state index contributed by atoms with van der Waals surface area (Å²) in [6, 6.07) is 0. The van der Waals surface area contributed by atoms with Crippen molar-refractivity contribution in [1.29, 1.82) is 0 Å². The standard InChI is InChI=1S/C10H17N2O13P3.3Na/c1-6-4-12(10(14)11-9(6)13)8-3-2-7(23-8)5-22-27(18,19)25-28(20,21)24-26(15,16)17;;;/h4,7-8H,2-3,5H2,1H3,(H,18,19)(H,20,21)(H,11,13,14)(H2,15,16,17);;;/q;3*+1/p-3/t7-,8+;;;/m0.../s1. The molecule has 0 aromatic carbocycles. The summed E-state index contributed by atoms with van der Waals surface area (Å²) in [5.74, 6) is 0. The Morgan fingerprint density at radius 3 is 2.26 bits per heavy atom. The maximum Gasteiger partial charge on any atom is 1.00 e.